The van der Waals surface area contributed by atoms with Crippen LogP contribution in [0.1, 0.15) is 25.8 Å². The Morgan fingerprint density at radius 1 is 1.35 bits per heavy atom. The first kappa shape index (κ1) is 12.7. The fourth-order valence-corrected chi connectivity index (χ4v) is 2.64. The molecule has 1 aliphatic heterocycles. The van der Waals surface area contributed by atoms with Crippen LogP contribution in [0.2, 0.25) is 5.02 Å². The molecule has 0 spiro atoms. The number of rotatable bonds is 1. The molecule has 0 radical (unpaired) electrons. The highest BCUT2D eigenvalue weighted by atomic mass is 35.5. The second-order valence-corrected chi connectivity index (χ2v) is 5.86. The van der Waals surface area contributed by atoms with E-state index >= 15 is 0 Å². The lowest BCUT2D eigenvalue weighted by Crippen LogP contribution is -2.49. The molecule has 2 nitrogen and oxygen atoms in total. The van der Waals surface area contributed by atoms with Crippen LogP contribution in [-0.4, -0.2) is 25.2 Å². The summed E-state index contributed by atoms with van der Waals surface area (Å²) >= 11 is 6.13. The SMILES string of the molecule is Cc1ccc(Cl)cc1N1CCCNCC1(C)C. The zero-order valence-corrected chi connectivity index (χ0v) is 11.6. The predicted molar refractivity (Wildman–Crippen MR) is 75.1 cm³/mol. The van der Waals surface area contributed by atoms with Crippen molar-refractivity contribution >= 4 is 17.3 Å². The molecule has 1 N–H and O–H groups in total. The monoisotopic (exact) mass is 252 g/mol. The molecule has 3 heteroatoms. The van der Waals surface area contributed by atoms with Gasteiger partial charge in [0.05, 0.1) is 0 Å². The molecule has 1 fully saturated rings. The highest BCUT2D eigenvalue weighted by molar-refractivity contribution is 6.30. The molecule has 0 unspecified atom stereocenters. The Labute approximate surface area is 109 Å². The van der Waals surface area contributed by atoms with E-state index in [2.05, 4.69) is 43.1 Å². The first-order valence-electron chi connectivity index (χ1n) is 6.25. The summed E-state index contributed by atoms with van der Waals surface area (Å²) in [6.07, 6.45) is 1.18. The average Bonchev–Trinajstić information content (AvgIpc) is 2.43. The Kier molecular flexibility index (Phi) is 3.64. The van der Waals surface area contributed by atoms with Crippen LogP contribution in [0.3, 0.4) is 0 Å². The van der Waals surface area contributed by atoms with E-state index in [0.29, 0.717) is 0 Å². The summed E-state index contributed by atoms with van der Waals surface area (Å²) in [6.45, 7) is 9.91. The lowest BCUT2D eigenvalue weighted by Gasteiger charge is -2.39. The Bertz CT molecular complexity index is 401. The Hall–Kier alpha value is -0.730. The average molecular weight is 253 g/mol. The molecule has 2 rings (SSSR count). The number of hydrogen-bond donors (Lipinski definition) is 1. The zero-order chi connectivity index (χ0) is 12.5. The molecule has 0 bridgehead atoms. The summed E-state index contributed by atoms with van der Waals surface area (Å²) in [5.41, 5.74) is 2.70. The first-order valence-corrected chi connectivity index (χ1v) is 6.63. The zero-order valence-electron chi connectivity index (χ0n) is 10.9. The van der Waals surface area contributed by atoms with Crippen LogP contribution in [0.25, 0.3) is 0 Å². The first-order chi connectivity index (χ1) is 8.00. The second kappa shape index (κ2) is 4.87. The lowest BCUT2D eigenvalue weighted by atomic mass is 10.0. The Balaban J connectivity index is 2.38. The van der Waals surface area contributed by atoms with Crippen molar-refractivity contribution in [3.8, 4) is 0 Å². The lowest BCUT2D eigenvalue weighted by molar-refractivity contribution is 0.462. The smallest absolute Gasteiger partial charge is 0.0470 e. The standard InChI is InChI=1S/C14H21ClN2/c1-11-5-6-12(15)9-13(11)17-8-4-7-16-10-14(17,2)3/h5-6,9,16H,4,7-8,10H2,1-3H3. The molecule has 1 saturated heterocycles. The number of halogens is 1. The predicted octanol–water partition coefficient (Wildman–Crippen LogP) is 3.23. The van der Waals surface area contributed by atoms with Gasteiger partial charge >= 0.3 is 0 Å². The number of aryl methyl sites for hydroxylation is 1. The van der Waals surface area contributed by atoms with Crippen LogP contribution in [0.4, 0.5) is 5.69 Å². The van der Waals surface area contributed by atoms with Crippen LogP contribution >= 0.6 is 11.6 Å². The molecule has 17 heavy (non-hydrogen) atoms. The van der Waals surface area contributed by atoms with E-state index in [9.17, 15) is 0 Å². The van der Waals surface area contributed by atoms with Crippen molar-refractivity contribution in [3.05, 3.63) is 28.8 Å². The normalized spacial score (nSPS) is 20.1. The minimum atomic E-state index is 0.131. The molecule has 1 aromatic rings. The van der Waals surface area contributed by atoms with Crippen molar-refractivity contribution in [2.24, 2.45) is 0 Å². The molecule has 0 saturated carbocycles. The van der Waals surface area contributed by atoms with E-state index in [1.807, 2.05) is 6.07 Å². The third kappa shape index (κ3) is 2.75. The third-order valence-corrected chi connectivity index (χ3v) is 3.72. The summed E-state index contributed by atoms with van der Waals surface area (Å²) in [4.78, 5) is 2.48. The van der Waals surface area contributed by atoms with Crippen LogP contribution in [-0.2, 0) is 0 Å². The number of benzene rings is 1. The quantitative estimate of drug-likeness (QED) is 0.826. The fraction of sp³-hybridized carbons (Fsp3) is 0.571. The van der Waals surface area contributed by atoms with Crippen molar-refractivity contribution in [1.29, 1.82) is 0 Å². The van der Waals surface area contributed by atoms with Crippen LogP contribution in [0.15, 0.2) is 18.2 Å². The van der Waals surface area contributed by atoms with E-state index in [1.165, 1.54) is 17.7 Å². The van der Waals surface area contributed by atoms with Gasteiger partial charge in [0.15, 0.2) is 0 Å². The Morgan fingerprint density at radius 2 is 2.12 bits per heavy atom. The van der Waals surface area contributed by atoms with Gasteiger partial charge in [-0.25, -0.2) is 0 Å². The maximum absolute atomic E-state index is 6.13. The maximum Gasteiger partial charge on any atom is 0.0470 e. The Morgan fingerprint density at radius 3 is 2.88 bits per heavy atom. The van der Waals surface area contributed by atoms with Gasteiger partial charge in [0.2, 0.25) is 0 Å². The fourth-order valence-electron chi connectivity index (χ4n) is 2.47. The summed E-state index contributed by atoms with van der Waals surface area (Å²) in [6, 6.07) is 6.15. The molecule has 0 aromatic heterocycles. The molecular formula is C14H21ClN2. The number of anilines is 1. The van der Waals surface area contributed by atoms with E-state index in [4.69, 9.17) is 11.6 Å². The van der Waals surface area contributed by atoms with Crippen molar-refractivity contribution in [3.63, 3.8) is 0 Å². The van der Waals surface area contributed by atoms with E-state index in [1.54, 1.807) is 0 Å². The van der Waals surface area contributed by atoms with Gasteiger partial charge in [-0.05, 0) is 51.4 Å². The largest absolute Gasteiger partial charge is 0.365 e. The highest BCUT2D eigenvalue weighted by Gasteiger charge is 2.29. The molecule has 1 aliphatic rings. The van der Waals surface area contributed by atoms with Gasteiger partial charge in [0.1, 0.15) is 0 Å². The van der Waals surface area contributed by atoms with Crippen LogP contribution in [0.5, 0.6) is 0 Å². The molecular weight excluding hydrogens is 232 g/mol. The van der Waals surface area contributed by atoms with Crippen molar-refractivity contribution in [2.45, 2.75) is 32.7 Å². The maximum atomic E-state index is 6.13. The second-order valence-electron chi connectivity index (χ2n) is 5.43. The van der Waals surface area contributed by atoms with Gasteiger partial charge in [-0.3, -0.25) is 0 Å². The summed E-state index contributed by atoms with van der Waals surface area (Å²) in [5, 5.41) is 4.31. The van der Waals surface area contributed by atoms with Gasteiger partial charge in [-0.2, -0.15) is 0 Å². The minimum absolute atomic E-state index is 0.131. The summed E-state index contributed by atoms with van der Waals surface area (Å²) in [5.74, 6) is 0. The molecule has 0 atom stereocenters. The molecule has 1 aromatic carbocycles. The molecule has 0 amide bonds. The topological polar surface area (TPSA) is 15.3 Å². The minimum Gasteiger partial charge on any atom is -0.365 e. The van der Waals surface area contributed by atoms with Gasteiger partial charge < -0.3 is 10.2 Å². The molecule has 94 valence electrons. The van der Waals surface area contributed by atoms with Crippen LogP contribution in [0, 0.1) is 6.92 Å². The van der Waals surface area contributed by atoms with E-state index in [0.717, 1.165) is 24.7 Å². The summed E-state index contributed by atoms with van der Waals surface area (Å²) in [7, 11) is 0. The van der Waals surface area contributed by atoms with Gasteiger partial charge in [-0.15, -0.1) is 0 Å². The third-order valence-electron chi connectivity index (χ3n) is 3.49. The molecule has 0 aliphatic carbocycles. The van der Waals surface area contributed by atoms with Crippen LogP contribution < -0.4 is 10.2 Å². The summed E-state index contributed by atoms with van der Waals surface area (Å²) < 4.78 is 0. The highest BCUT2D eigenvalue weighted by Crippen LogP contribution is 2.30. The van der Waals surface area contributed by atoms with Crippen molar-refractivity contribution in [2.75, 3.05) is 24.5 Å². The number of nitrogens with zero attached hydrogens (tertiary/aromatic N) is 1. The van der Waals surface area contributed by atoms with E-state index in [-0.39, 0.29) is 5.54 Å². The van der Waals surface area contributed by atoms with E-state index < -0.39 is 0 Å². The molecule has 1 heterocycles. The van der Waals surface area contributed by atoms with Crippen molar-refractivity contribution < 1.29 is 0 Å². The number of hydrogen-bond acceptors (Lipinski definition) is 2. The number of nitrogens with one attached hydrogen (secondary N) is 1. The van der Waals surface area contributed by atoms with Gasteiger partial charge in [-0.1, -0.05) is 17.7 Å². The van der Waals surface area contributed by atoms with Crippen molar-refractivity contribution in [1.82, 2.24) is 5.32 Å². The van der Waals surface area contributed by atoms with Gasteiger partial charge in [0, 0.05) is 29.3 Å². The van der Waals surface area contributed by atoms with Gasteiger partial charge in [0.25, 0.3) is 0 Å².